The molecule has 0 heterocycles. The predicted octanol–water partition coefficient (Wildman–Crippen LogP) is 3.62. The number of rotatable bonds is 0. The van der Waals surface area contributed by atoms with Gasteiger partial charge in [0.1, 0.15) is 0 Å². The van der Waals surface area contributed by atoms with Crippen LogP contribution in [0.3, 0.4) is 0 Å². The van der Waals surface area contributed by atoms with Gasteiger partial charge in [0.15, 0.2) is 0 Å². The third kappa shape index (κ3) is 5.80. The number of allylic oxidation sites excluding steroid dienone is 4. The second-order valence-corrected chi connectivity index (χ2v) is 3.12. The molecule has 0 atom stereocenters. The summed E-state index contributed by atoms with van der Waals surface area (Å²) in [7, 11) is 0. The molecule has 0 saturated carbocycles. The van der Waals surface area contributed by atoms with E-state index in [9.17, 15) is 0 Å². The topological polar surface area (TPSA) is 0 Å². The van der Waals surface area contributed by atoms with Crippen LogP contribution in [0, 0.1) is 20.3 Å². The average molecular weight is 227 g/mol. The molecule has 0 amide bonds. The van der Waals surface area contributed by atoms with Crippen LogP contribution >= 0.6 is 0 Å². The summed E-state index contributed by atoms with van der Waals surface area (Å²) in [5.41, 5.74) is 2.66. The van der Waals surface area contributed by atoms with Crippen LogP contribution in [0.5, 0.6) is 0 Å². The van der Waals surface area contributed by atoms with E-state index in [1.165, 1.54) is 11.1 Å². The van der Waals surface area contributed by atoms with Crippen LogP contribution in [0.4, 0.5) is 0 Å². The molecule has 0 N–H and O–H groups in total. The molecule has 1 aromatic carbocycles. The molecule has 1 heteroatoms. The van der Waals surface area contributed by atoms with Gasteiger partial charge in [0.05, 0.1) is 0 Å². The fraction of sp³-hybridized carbons (Fsp3) is 0.154. The Balaban J connectivity index is 0.000000246. The maximum atomic E-state index is 2.12. The van der Waals surface area contributed by atoms with Crippen molar-refractivity contribution >= 4 is 0 Å². The molecule has 0 saturated heterocycles. The van der Waals surface area contributed by atoms with Crippen molar-refractivity contribution in [3.05, 3.63) is 66.1 Å². The van der Waals surface area contributed by atoms with Crippen molar-refractivity contribution in [2.75, 3.05) is 0 Å². The van der Waals surface area contributed by atoms with Crippen molar-refractivity contribution in [2.45, 2.75) is 13.8 Å². The average Bonchev–Trinajstić information content (AvgIpc) is 2.68. The van der Waals surface area contributed by atoms with Crippen molar-refractivity contribution in [1.29, 1.82) is 0 Å². The summed E-state index contributed by atoms with van der Waals surface area (Å²) in [6.07, 6.45) is 10.0. The van der Waals surface area contributed by atoms with Gasteiger partial charge in [-0.25, -0.2) is 0 Å². The van der Waals surface area contributed by atoms with Gasteiger partial charge in [0.25, 0.3) is 0 Å². The molecular formula is C13H15Fe. The summed E-state index contributed by atoms with van der Waals surface area (Å²) >= 11 is 0. The summed E-state index contributed by atoms with van der Waals surface area (Å²) in [6, 6.07) is 8.48. The zero-order valence-electron chi connectivity index (χ0n) is 8.55. The molecule has 0 nitrogen and oxygen atoms in total. The second-order valence-electron chi connectivity index (χ2n) is 3.12. The van der Waals surface area contributed by atoms with Crippen molar-refractivity contribution in [1.82, 2.24) is 0 Å². The Morgan fingerprint density at radius 3 is 1.21 bits per heavy atom. The summed E-state index contributed by atoms with van der Waals surface area (Å²) < 4.78 is 0. The van der Waals surface area contributed by atoms with Gasteiger partial charge in [0, 0.05) is 23.5 Å². The zero-order chi connectivity index (χ0) is 9.52. The molecule has 75 valence electrons. The van der Waals surface area contributed by atoms with Crippen molar-refractivity contribution in [3.8, 4) is 0 Å². The third-order valence-corrected chi connectivity index (χ3v) is 1.77. The van der Waals surface area contributed by atoms with E-state index in [2.05, 4.69) is 38.1 Å². The summed E-state index contributed by atoms with van der Waals surface area (Å²) in [5, 5.41) is 0. The van der Waals surface area contributed by atoms with E-state index in [0.29, 0.717) is 0 Å². The van der Waals surface area contributed by atoms with Gasteiger partial charge < -0.3 is 0 Å². The van der Waals surface area contributed by atoms with Crippen molar-refractivity contribution in [3.63, 3.8) is 0 Å². The van der Waals surface area contributed by atoms with E-state index >= 15 is 0 Å². The molecule has 1 aliphatic carbocycles. The quantitative estimate of drug-likeness (QED) is 0.594. The standard InChI is InChI=1S/C8H10.C5H5.Fe/c1-7-3-5-8(2)6-4-7;1-2-4-5-3-1;/h3-6H,1-2H3;1-5H;. The number of benzene rings is 1. The molecule has 0 bridgehead atoms. The molecule has 0 fully saturated rings. The number of hydrogen-bond acceptors (Lipinski definition) is 0. The first-order chi connectivity index (χ1) is 6.29. The zero-order valence-corrected chi connectivity index (χ0v) is 9.65. The third-order valence-electron chi connectivity index (χ3n) is 1.77. The first-order valence-electron chi connectivity index (χ1n) is 4.49. The number of aryl methyl sites for hydroxylation is 2. The Bertz CT molecular complexity index is 263. The molecule has 1 aromatic rings. The number of hydrogen-bond donors (Lipinski definition) is 0. The molecule has 14 heavy (non-hydrogen) atoms. The van der Waals surface area contributed by atoms with E-state index in [0.717, 1.165) is 0 Å². The Morgan fingerprint density at radius 1 is 0.643 bits per heavy atom. The summed E-state index contributed by atoms with van der Waals surface area (Å²) in [4.78, 5) is 0. The van der Waals surface area contributed by atoms with Crippen LogP contribution in [0.2, 0.25) is 0 Å². The molecule has 1 radical (unpaired) electrons. The van der Waals surface area contributed by atoms with E-state index in [1.807, 2.05) is 30.7 Å². The van der Waals surface area contributed by atoms with Gasteiger partial charge in [-0.15, -0.1) is 0 Å². The molecule has 2 rings (SSSR count). The molecule has 0 unspecified atom stereocenters. The van der Waals surface area contributed by atoms with Gasteiger partial charge in [0.2, 0.25) is 0 Å². The van der Waals surface area contributed by atoms with Gasteiger partial charge in [-0.3, -0.25) is 0 Å². The maximum Gasteiger partial charge on any atom is 0.00506 e. The molecule has 0 aromatic heterocycles. The predicted molar refractivity (Wildman–Crippen MR) is 58.5 cm³/mol. The fourth-order valence-electron chi connectivity index (χ4n) is 0.958. The monoisotopic (exact) mass is 227 g/mol. The molecule has 0 aliphatic heterocycles. The molecule has 1 aliphatic rings. The van der Waals surface area contributed by atoms with Gasteiger partial charge >= 0.3 is 0 Å². The summed E-state index contributed by atoms with van der Waals surface area (Å²) in [5.74, 6) is 0. The second kappa shape index (κ2) is 7.61. The van der Waals surface area contributed by atoms with Crippen molar-refractivity contribution in [2.24, 2.45) is 0 Å². The smallest absolute Gasteiger partial charge is 0.00506 e. The minimum atomic E-state index is 0. The van der Waals surface area contributed by atoms with Gasteiger partial charge in [-0.05, 0) is 13.8 Å². The van der Waals surface area contributed by atoms with Crippen LogP contribution in [0.1, 0.15) is 11.1 Å². The van der Waals surface area contributed by atoms with Crippen molar-refractivity contribution < 1.29 is 17.1 Å². The fourth-order valence-corrected chi connectivity index (χ4v) is 0.958. The summed E-state index contributed by atoms with van der Waals surface area (Å²) in [6.45, 7) is 4.19. The minimum absolute atomic E-state index is 0. The van der Waals surface area contributed by atoms with Crippen LogP contribution in [0.15, 0.2) is 48.6 Å². The van der Waals surface area contributed by atoms with Crippen LogP contribution in [-0.2, 0) is 17.1 Å². The largest absolute Gasteiger partial charge is 0.0767 e. The Kier molecular flexibility index (Phi) is 7.18. The van der Waals surface area contributed by atoms with E-state index in [4.69, 9.17) is 0 Å². The maximum absolute atomic E-state index is 2.12. The Labute approximate surface area is 97.2 Å². The van der Waals surface area contributed by atoms with E-state index in [1.54, 1.807) is 0 Å². The van der Waals surface area contributed by atoms with E-state index in [-0.39, 0.29) is 17.1 Å². The minimum Gasteiger partial charge on any atom is -0.0767 e. The van der Waals surface area contributed by atoms with Gasteiger partial charge in [-0.1, -0.05) is 59.7 Å². The first kappa shape index (κ1) is 13.2. The van der Waals surface area contributed by atoms with Crippen LogP contribution in [0.25, 0.3) is 0 Å². The normalized spacial score (nSPS) is 11.6. The van der Waals surface area contributed by atoms with Gasteiger partial charge in [-0.2, -0.15) is 0 Å². The Hall–Kier alpha value is -0.781. The Morgan fingerprint density at radius 2 is 1.00 bits per heavy atom. The van der Waals surface area contributed by atoms with E-state index < -0.39 is 0 Å². The van der Waals surface area contributed by atoms with Crippen LogP contribution in [-0.4, -0.2) is 0 Å². The molecule has 0 spiro atoms. The molecular weight excluding hydrogens is 212 g/mol. The SMILES string of the molecule is Cc1ccc(C)cc1.[CH]1C=CC=C1.[Fe]. The first-order valence-corrected chi connectivity index (χ1v) is 4.49. The van der Waals surface area contributed by atoms with Crippen LogP contribution < -0.4 is 0 Å².